The first-order valence-electron chi connectivity index (χ1n) is 10.1. The molecule has 0 heteroatoms. The quantitative estimate of drug-likeness (QED) is 0.228. The van der Waals surface area contributed by atoms with Crippen LogP contribution in [0.4, 0.5) is 0 Å². The Morgan fingerprint density at radius 2 is 1.13 bits per heavy atom. The van der Waals surface area contributed by atoms with Gasteiger partial charge in [-0.1, -0.05) is 101 Å². The highest BCUT2D eigenvalue weighted by Gasteiger charge is 1.94. The van der Waals surface area contributed by atoms with E-state index >= 15 is 0 Å². The fourth-order valence-corrected chi connectivity index (χ4v) is 3.04. The van der Waals surface area contributed by atoms with Crippen LogP contribution in [-0.2, 0) is 6.42 Å². The number of hydrogen-bond donors (Lipinski definition) is 0. The van der Waals surface area contributed by atoms with Crippen molar-refractivity contribution in [3.63, 3.8) is 0 Å². The number of allylic oxidation sites excluding steroid dienone is 2. The van der Waals surface area contributed by atoms with Crippen LogP contribution in [-0.4, -0.2) is 0 Å². The van der Waals surface area contributed by atoms with Crippen LogP contribution in [0.25, 0.3) is 0 Å². The zero-order valence-electron chi connectivity index (χ0n) is 15.4. The van der Waals surface area contributed by atoms with Crippen LogP contribution in [0.3, 0.4) is 0 Å². The van der Waals surface area contributed by atoms with E-state index in [-0.39, 0.29) is 0 Å². The van der Waals surface area contributed by atoms with Crippen LogP contribution in [0, 0.1) is 0 Å². The van der Waals surface area contributed by atoms with Crippen molar-refractivity contribution < 1.29 is 0 Å². The van der Waals surface area contributed by atoms with E-state index in [0.29, 0.717) is 0 Å². The molecule has 0 amide bonds. The van der Waals surface area contributed by atoms with Crippen molar-refractivity contribution in [2.75, 3.05) is 0 Å². The van der Waals surface area contributed by atoms with Gasteiger partial charge in [-0.2, -0.15) is 0 Å². The number of hydrogen-bond acceptors (Lipinski definition) is 0. The first-order chi connectivity index (χ1) is 11.4. The van der Waals surface area contributed by atoms with Gasteiger partial charge in [0.05, 0.1) is 0 Å². The third kappa shape index (κ3) is 13.1. The summed E-state index contributed by atoms with van der Waals surface area (Å²) in [4.78, 5) is 0. The molecule has 130 valence electrons. The Labute approximate surface area is 145 Å². The van der Waals surface area contributed by atoms with Crippen LogP contribution >= 0.6 is 0 Å². The molecule has 1 rings (SSSR count). The SMILES string of the molecule is CCCCCC/C=C\CCCCCCCCCc1ccccc1. The zero-order valence-corrected chi connectivity index (χ0v) is 15.4. The summed E-state index contributed by atoms with van der Waals surface area (Å²) in [6, 6.07) is 10.9. The minimum Gasteiger partial charge on any atom is -0.0885 e. The summed E-state index contributed by atoms with van der Waals surface area (Å²) in [6.07, 6.45) is 24.0. The van der Waals surface area contributed by atoms with Crippen molar-refractivity contribution >= 4 is 0 Å². The molecule has 0 N–H and O–H groups in total. The average molecular weight is 315 g/mol. The second-order valence-corrected chi connectivity index (χ2v) is 6.82. The molecule has 0 fully saturated rings. The third-order valence-electron chi connectivity index (χ3n) is 4.57. The summed E-state index contributed by atoms with van der Waals surface area (Å²) in [5.74, 6) is 0. The van der Waals surface area contributed by atoms with Gasteiger partial charge in [0.1, 0.15) is 0 Å². The van der Waals surface area contributed by atoms with Gasteiger partial charge in [-0.05, 0) is 44.1 Å². The summed E-state index contributed by atoms with van der Waals surface area (Å²) in [6.45, 7) is 2.28. The molecule has 23 heavy (non-hydrogen) atoms. The summed E-state index contributed by atoms with van der Waals surface area (Å²) >= 11 is 0. The first-order valence-corrected chi connectivity index (χ1v) is 10.1. The smallest absolute Gasteiger partial charge is 0.0279 e. The molecule has 0 atom stereocenters. The van der Waals surface area contributed by atoms with Crippen LogP contribution in [0.1, 0.15) is 96.0 Å². The Kier molecular flexibility index (Phi) is 13.8. The third-order valence-corrected chi connectivity index (χ3v) is 4.57. The highest BCUT2D eigenvalue weighted by molar-refractivity contribution is 5.14. The normalized spacial score (nSPS) is 11.3. The number of aryl methyl sites for hydroxylation is 1. The van der Waals surface area contributed by atoms with Crippen LogP contribution in [0.5, 0.6) is 0 Å². The van der Waals surface area contributed by atoms with Gasteiger partial charge in [0.25, 0.3) is 0 Å². The zero-order chi connectivity index (χ0) is 16.4. The predicted molar refractivity (Wildman–Crippen MR) is 105 cm³/mol. The fourth-order valence-electron chi connectivity index (χ4n) is 3.04. The largest absolute Gasteiger partial charge is 0.0885 e. The predicted octanol–water partition coefficient (Wildman–Crippen LogP) is 7.88. The monoisotopic (exact) mass is 314 g/mol. The highest BCUT2D eigenvalue weighted by Crippen LogP contribution is 2.11. The van der Waals surface area contributed by atoms with Gasteiger partial charge in [-0.25, -0.2) is 0 Å². The van der Waals surface area contributed by atoms with E-state index < -0.39 is 0 Å². The van der Waals surface area contributed by atoms with Gasteiger partial charge in [-0.15, -0.1) is 0 Å². The Morgan fingerprint density at radius 3 is 1.74 bits per heavy atom. The minimum absolute atomic E-state index is 1.25. The van der Waals surface area contributed by atoms with Crippen LogP contribution < -0.4 is 0 Å². The maximum absolute atomic E-state index is 2.41. The number of benzene rings is 1. The summed E-state index contributed by atoms with van der Waals surface area (Å²) in [5.41, 5.74) is 1.49. The lowest BCUT2D eigenvalue weighted by Gasteiger charge is -2.02. The van der Waals surface area contributed by atoms with Crippen molar-refractivity contribution in [1.82, 2.24) is 0 Å². The van der Waals surface area contributed by atoms with Crippen molar-refractivity contribution in [3.8, 4) is 0 Å². The highest BCUT2D eigenvalue weighted by atomic mass is 14.0. The topological polar surface area (TPSA) is 0 Å². The second-order valence-electron chi connectivity index (χ2n) is 6.82. The van der Waals surface area contributed by atoms with Gasteiger partial charge in [0.15, 0.2) is 0 Å². The lowest BCUT2D eigenvalue weighted by atomic mass is 10.0. The fraction of sp³-hybridized carbons (Fsp3) is 0.652. The molecule has 0 saturated heterocycles. The molecule has 0 spiro atoms. The Balaban J connectivity index is 1.77. The molecule has 1 aromatic carbocycles. The maximum atomic E-state index is 2.41. The van der Waals surface area contributed by atoms with Gasteiger partial charge < -0.3 is 0 Å². The Morgan fingerprint density at radius 1 is 0.609 bits per heavy atom. The molecule has 0 heterocycles. The Bertz CT molecular complexity index is 363. The molecule has 0 aliphatic carbocycles. The van der Waals surface area contributed by atoms with E-state index in [1.165, 1.54) is 95.5 Å². The van der Waals surface area contributed by atoms with E-state index in [9.17, 15) is 0 Å². The first kappa shape index (κ1) is 20.0. The molecule has 0 aliphatic heterocycles. The molecule has 0 bridgehead atoms. The van der Waals surface area contributed by atoms with E-state index in [4.69, 9.17) is 0 Å². The molecule has 0 radical (unpaired) electrons. The molecule has 0 saturated carbocycles. The number of unbranched alkanes of at least 4 members (excludes halogenated alkanes) is 11. The standard InChI is InChI=1S/C23H38/c1-2-3-4-5-6-7-8-9-10-11-12-13-14-15-17-20-23-21-18-16-19-22-23/h7-8,16,18-19,21-22H,2-6,9-15,17,20H2,1H3/b8-7-. The van der Waals surface area contributed by atoms with E-state index in [2.05, 4.69) is 49.4 Å². The molecular weight excluding hydrogens is 276 g/mol. The van der Waals surface area contributed by atoms with Gasteiger partial charge >= 0.3 is 0 Å². The lowest BCUT2D eigenvalue weighted by molar-refractivity contribution is 0.581. The molecule has 0 aromatic heterocycles. The van der Waals surface area contributed by atoms with E-state index in [1.807, 2.05) is 0 Å². The summed E-state index contributed by atoms with van der Waals surface area (Å²) in [7, 11) is 0. The van der Waals surface area contributed by atoms with Gasteiger partial charge in [0, 0.05) is 0 Å². The molecule has 0 aliphatic rings. The van der Waals surface area contributed by atoms with Gasteiger partial charge in [-0.3, -0.25) is 0 Å². The molecule has 0 unspecified atom stereocenters. The van der Waals surface area contributed by atoms with E-state index in [0.717, 1.165) is 0 Å². The second kappa shape index (κ2) is 15.8. The minimum atomic E-state index is 1.25. The van der Waals surface area contributed by atoms with Crippen molar-refractivity contribution in [2.24, 2.45) is 0 Å². The lowest BCUT2D eigenvalue weighted by Crippen LogP contribution is -1.85. The molecule has 1 aromatic rings. The maximum Gasteiger partial charge on any atom is -0.0279 e. The summed E-state index contributed by atoms with van der Waals surface area (Å²) in [5, 5.41) is 0. The van der Waals surface area contributed by atoms with Crippen molar-refractivity contribution in [3.05, 3.63) is 48.0 Å². The number of rotatable bonds is 15. The Hall–Kier alpha value is -1.04. The summed E-state index contributed by atoms with van der Waals surface area (Å²) < 4.78 is 0. The molecule has 0 nitrogen and oxygen atoms in total. The van der Waals surface area contributed by atoms with E-state index in [1.54, 1.807) is 0 Å². The van der Waals surface area contributed by atoms with Crippen LogP contribution in [0.2, 0.25) is 0 Å². The van der Waals surface area contributed by atoms with Crippen molar-refractivity contribution in [1.29, 1.82) is 0 Å². The average Bonchev–Trinajstić information content (AvgIpc) is 2.59. The van der Waals surface area contributed by atoms with Crippen molar-refractivity contribution in [2.45, 2.75) is 96.8 Å². The van der Waals surface area contributed by atoms with Gasteiger partial charge in [0.2, 0.25) is 0 Å². The molecular formula is C23H38. The van der Waals surface area contributed by atoms with Crippen LogP contribution in [0.15, 0.2) is 42.5 Å².